The van der Waals surface area contributed by atoms with Crippen LogP contribution in [0.5, 0.6) is 0 Å². The molecule has 27 heavy (non-hydrogen) atoms. The van der Waals surface area contributed by atoms with E-state index in [2.05, 4.69) is 20.1 Å². The summed E-state index contributed by atoms with van der Waals surface area (Å²) < 4.78 is 5.40. The number of anilines is 1. The molecule has 140 valence electrons. The Hall–Kier alpha value is -2.48. The van der Waals surface area contributed by atoms with Crippen LogP contribution in [0.1, 0.15) is 5.01 Å². The number of furan rings is 1. The van der Waals surface area contributed by atoms with Crippen LogP contribution in [0.4, 0.5) is 5.69 Å². The Labute approximate surface area is 162 Å². The van der Waals surface area contributed by atoms with Crippen LogP contribution in [0.15, 0.2) is 58.5 Å². The molecule has 3 aromatic rings. The van der Waals surface area contributed by atoms with Gasteiger partial charge in [0.05, 0.1) is 19.4 Å². The third kappa shape index (κ3) is 4.82. The summed E-state index contributed by atoms with van der Waals surface area (Å²) in [4.78, 5) is 21.4. The fourth-order valence-electron chi connectivity index (χ4n) is 3.14. The SMILES string of the molecule is O=C(CN1CCN(Cc2nc(-c3ccco3)cs2)CC1)Nc1ccccc1. The highest BCUT2D eigenvalue weighted by molar-refractivity contribution is 7.09. The number of para-hydroxylation sites is 1. The predicted octanol–water partition coefficient (Wildman–Crippen LogP) is 3.16. The summed E-state index contributed by atoms with van der Waals surface area (Å²) in [6.45, 7) is 4.93. The van der Waals surface area contributed by atoms with Crippen molar-refractivity contribution in [2.75, 3.05) is 38.0 Å². The molecule has 2 aromatic heterocycles. The smallest absolute Gasteiger partial charge is 0.238 e. The van der Waals surface area contributed by atoms with Gasteiger partial charge in [-0.05, 0) is 24.3 Å². The number of amides is 1. The van der Waals surface area contributed by atoms with E-state index in [9.17, 15) is 4.79 Å². The summed E-state index contributed by atoms with van der Waals surface area (Å²) in [5.41, 5.74) is 1.74. The number of nitrogens with zero attached hydrogens (tertiary/aromatic N) is 3. The number of piperazine rings is 1. The highest BCUT2D eigenvalue weighted by Crippen LogP contribution is 2.23. The van der Waals surface area contributed by atoms with E-state index in [1.165, 1.54) is 0 Å². The summed E-state index contributed by atoms with van der Waals surface area (Å²) >= 11 is 1.66. The van der Waals surface area contributed by atoms with Gasteiger partial charge in [-0.25, -0.2) is 4.98 Å². The first-order valence-corrected chi connectivity index (χ1v) is 9.92. The summed E-state index contributed by atoms with van der Waals surface area (Å²) in [5, 5.41) is 6.08. The molecule has 0 bridgehead atoms. The maximum atomic E-state index is 12.2. The zero-order chi connectivity index (χ0) is 18.5. The number of hydrogen-bond acceptors (Lipinski definition) is 6. The van der Waals surface area contributed by atoms with Crippen LogP contribution in [0.25, 0.3) is 11.5 Å². The largest absolute Gasteiger partial charge is 0.463 e. The topological polar surface area (TPSA) is 61.6 Å². The summed E-state index contributed by atoms with van der Waals surface area (Å²) in [7, 11) is 0. The van der Waals surface area contributed by atoms with Crippen LogP contribution in [0, 0.1) is 0 Å². The quantitative estimate of drug-likeness (QED) is 0.710. The molecular formula is C20H22N4O2S. The molecule has 1 aliphatic heterocycles. The molecule has 6 nitrogen and oxygen atoms in total. The summed E-state index contributed by atoms with van der Waals surface area (Å²) in [6, 6.07) is 13.4. The zero-order valence-electron chi connectivity index (χ0n) is 15.0. The normalized spacial score (nSPS) is 15.7. The van der Waals surface area contributed by atoms with Gasteiger partial charge in [-0.3, -0.25) is 14.6 Å². The van der Waals surface area contributed by atoms with Gasteiger partial charge in [0.1, 0.15) is 10.7 Å². The fraction of sp³-hybridized carbons (Fsp3) is 0.300. The van der Waals surface area contributed by atoms with Crippen LogP contribution in [0.3, 0.4) is 0 Å². The second-order valence-corrected chi connectivity index (χ2v) is 7.51. The van der Waals surface area contributed by atoms with Gasteiger partial charge in [-0.2, -0.15) is 0 Å². The lowest BCUT2D eigenvalue weighted by Gasteiger charge is -2.33. The monoisotopic (exact) mass is 382 g/mol. The minimum atomic E-state index is 0.0395. The third-order valence-corrected chi connectivity index (χ3v) is 5.41. The number of benzene rings is 1. The molecule has 0 saturated carbocycles. The Morgan fingerprint density at radius 3 is 2.59 bits per heavy atom. The van der Waals surface area contributed by atoms with E-state index >= 15 is 0 Å². The van der Waals surface area contributed by atoms with Crippen molar-refractivity contribution in [1.82, 2.24) is 14.8 Å². The lowest BCUT2D eigenvalue weighted by molar-refractivity contribution is -0.117. The minimum absolute atomic E-state index is 0.0395. The fourth-order valence-corrected chi connectivity index (χ4v) is 3.97. The lowest BCUT2D eigenvalue weighted by Crippen LogP contribution is -2.48. The molecule has 1 saturated heterocycles. The maximum Gasteiger partial charge on any atom is 0.238 e. The highest BCUT2D eigenvalue weighted by atomic mass is 32.1. The van der Waals surface area contributed by atoms with Crippen molar-refractivity contribution in [2.45, 2.75) is 6.54 Å². The Morgan fingerprint density at radius 2 is 1.85 bits per heavy atom. The first kappa shape index (κ1) is 17.9. The van der Waals surface area contributed by atoms with Gasteiger partial charge >= 0.3 is 0 Å². The molecule has 0 unspecified atom stereocenters. The molecule has 4 rings (SSSR count). The first-order chi connectivity index (χ1) is 13.3. The second kappa shape index (κ2) is 8.47. The standard InChI is InChI=1S/C20H22N4O2S/c25-19(21-16-5-2-1-3-6-16)13-23-8-10-24(11-9-23)14-20-22-17(15-27-20)18-7-4-12-26-18/h1-7,12,15H,8-11,13-14H2,(H,21,25). The van der Waals surface area contributed by atoms with Crippen molar-refractivity contribution in [1.29, 1.82) is 0 Å². The van der Waals surface area contributed by atoms with Gasteiger partial charge in [0.15, 0.2) is 5.76 Å². The van der Waals surface area contributed by atoms with Gasteiger partial charge < -0.3 is 9.73 Å². The lowest BCUT2D eigenvalue weighted by atomic mass is 10.3. The zero-order valence-corrected chi connectivity index (χ0v) is 15.8. The number of nitrogens with one attached hydrogen (secondary N) is 1. The van der Waals surface area contributed by atoms with E-state index in [4.69, 9.17) is 4.42 Å². The number of aromatic nitrogens is 1. The Morgan fingerprint density at radius 1 is 1.07 bits per heavy atom. The van der Waals surface area contributed by atoms with E-state index in [1.54, 1.807) is 17.6 Å². The average Bonchev–Trinajstić information content (AvgIpc) is 3.36. The molecule has 7 heteroatoms. The maximum absolute atomic E-state index is 12.2. The van der Waals surface area contributed by atoms with Gasteiger partial charge in [-0.15, -0.1) is 11.3 Å². The van der Waals surface area contributed by atoms with Crippen LogP contribution < -0.4 is 5.32 Å². The Balaban J connectivity index is 1.23. The van der Waals surface area contributed by atoms with Gasteiger partial charge in [-0.1, -0.05) is 18.2 Å². The Bertz CT molecular complexity index is 855. The molecule has 0 spiro atoms. The van der Waals surface area contributed by atoms with Gasteiger partial charge in [0.2, 0.25) is 5.91 Å². The molecule has 1 fully saturated rings. The molecule has 1 aromatic carbocycles. The number of hydrogen-bond donors (Lipinski definition) is 1. The minimum Gasteiger partial charge on any atom is -0.463 e. The second-order valence-electron chi connectivity index (χ2n) is 6.57. The first-order valence-electron chi connectivity index (χ1n) is 9.04. The molecule has 0 atom stereocenters. The van der Waals surface area contributed by atoms with E-state index in [0.29, 0.717) is 6.54 Å². The summed E-state index contributed by atoms with van der Waals surface area (Å²) in [5.74, 6) is 0.851. The number of thiazole rings is 1. The van der Waals surface area contributed by atoms with Crippen LogP contribution in [-0.2, 0) is 11.3 Å². The average molecular weight is 382 g/mol. The molecular weight excluding hydrogens is 360 g/mol. The molecule has 0 aliphatic carbocycles. The van der Waals surface area contributed by atoms with E-state index in [-0.39, 0.29) is 5.91 Å². The van der Waals surface area contributed by atoms with E-state index < -0.39 is 0 Å². The summed E-state index contributed by atoms with van der Waals surface area (Å²) in [6.07, 6.45) is 1.67. The van der Waals surface area contributed by atoms with Crippen molar-refractivity contribution in [3.8, 4) is 11.5 Å². The van der Waals surface area contributed by atoms with Crippen molar-refractivity contribution in [2.24, 2.45) is 0 Å². The molecule has 1 aliphatic rings. The molecule has 0 radical (unpaired) electrons. The van der Waals surface area contributed by atoms with Crippen LogP contribution in [-0.4, -0.2) is 53.4 Å². The van der Waals surface area contributed by atoms with Crippen molar-refractivity contribution in [3.05, 3.63) is 59.1 Å². The predicted molar refractivity (Wildman–Crippen MR) is 107 cm³/mol. The van der Waals surface area contributed by atoms with Gasteiger partial charge in [0.25, 0.3) is 0 Å². The van der Waals surface area contributed by atoms with Crippen molar-refractivity contribution in [3.63, 3.8) is 0 Å². The van der Waals surface area contributed by atoms with Crippen molar-refractivity contribution >= 4 is 22.9 Å². The number of carbonyl (C=O) groups is 1. The molecule has 3 heterocycles. The number of carbonyl (C=O) groups excluding carboxylic acids is 1. The van der Waals surface area contributed by atoms with Crippen LogP contribution in [0.2, 0.25) is 0 Å². The van der Waals surface area contributed by atoms with E-state index in [1.807, 2.05) is 47.8 Å². The van der Waals surface area contributed by atoms with Gasteiger partial charge in [0, 0.05) is 37.2 Å². The Kier molecular flexibility index (Phi) is 5.62. The van der Waals surface area contributed by atoms with Crippen LogP contribution >= 0.6 is 11.3 Å². The molecule has 1 amide bonds. The van der Waals surface area contributed by atoms with Crippen molar-refractivity contribution < 1.29 is 9.21 Å². The third-order valence-electron chi connectivity index (χ3n) is 4.57. The highest BCUT2D eigenvalue weighted by Gasteiger charge is 2.20. The molecule has 1 N–H and O–H groups in total. The number of rotatable bonds is 6. The van der Waals surface area contributed by atoms with E-state index in [0.717, 1.165) is 54.9 Å².